The highest BCUT2D eigenvalue weighted by atomic mass is 16.1. The minimum absolute atomic E-state index is 0.158. The molecule has 1 unspecified atom stereocenters. The van der Waals surface area contributed by atoms with E-state index in [0.717, 1.165) is 62.0 Å². The first-order valence-corrected chi connectivity index (χ1v) is 12.6. The summed E-state index contributed by atoms with van der Waals surface area (Å²) in [5, 5.41) is 2.82. The van der Waals surface area contributed by atoms with E-state index in [0.29, 0.717) is 18.2 Å². The number of hydrogen-bond donors (Lipinski definition) is 2. The monoisotopic (exact) mass is 486 g/mol. The summed E-state index contributed by atoms with van der Waals surface area (Å²) in [7, 11) is 2.14. The van der Waals surface area contributed by atoms with E-state index in [4.69, 9.17) is 5.73 Å². The smallest absolute Gasteiger partial charge is 0.269 e. The number of aromatic nitrogens is 3. The summed E-state index contributed by atoms with van der Waals surface area (Å²) in [6, 6.07) is 14.4. The van der Waals surface area contributed by atoms with Gasteiger partial charge in [-0.25, -0.2) is 4.98 Å². The van der Waals surface area contributed by atoms with Crippen LogP contribution in [0, 0.1) is 0 Å². The number of nitrogens with zero attached hydrogens (tertiary/aromatic N) is 6. The lowest BCUT2D eigenvalue weighted by Crippen LogP contribution is -2.45. The second-order valence-electron chi connectivity index (χ2n) is 9.66. The Morgan fingerprint density at radius 1 is 1.03 bits per heavy atom. The highest BCUT2D eigenvalue weighted by molar-refractivity contribution is 5.92. The largest absolute Gasteiger partial charge is 0.368 e. The van der Waals surface area contributed by atoms with E-state index in [9.17, 15) is 4.79 Å². The molecule has 2 aliphatic heterocycles. The van der Waals surface area contributed by atoms with Gasteiger partial charge < -0.3 is 25.8 Å². The van der Waals surface area contributed by atoms with Crippen molar-refractivity contribution in [1.82, 2.24) is 25.2 Å². The fourth-order valence-electron chi connectivity index (χ4n) is 4.96. The summed E-state index contributed by atoms with van der Waals surface area (Å²) in [5.41, 5.74) is 10.9. The Hall–Kier alpha value is -3.72. The Morgan fingerprint density at radius 3 is 2.58 bits per heavy atom. The van der Waals surface area contributed by atoms with Crippen molar-refractivity contribution >= 4 is 23.5 Å². The van der Waals surface area contributed by atoms with Crippen LogP contribution in [0.5, 0.6) is 0 Å². The normalized spacial score (nSPS) is 18.1. The van der Waals surface area contributed by atoms with Gasteiger partial charge in [-0.15, -0.1) is 0 Å². The molecule has 4 heterocycles. The lowest BCUT2D eigenvalue weighted by Gasteiger charge is -2.37. The van der Waals surface area contributed by atoms with Crippen LogP contribution in [-0.2, 0) is 13.0 Å². The zero-order valence-corrected chi connectivity index (χ0v) is 21.2. The summed E-state index contributed by atoms with van der Waals surface area (Å²) < 4.78 is 0. The molecule has 2 aromatic heterocycles. The van der Waals surface area contributed by atoms with E-state index < -0.39 is 0 Å². The Morgan fingerprint density at radius 2 is 1.81 bits per heavy atom. The van der Waals surface area contributed by atoms with Crippen LogP contribution < -0.4 is 20.9 Å². The molecule has 3 aromatic rings. The standard InChI is InChI=1S/C27H34N8O/c1-4-29-26(36)23-7-5-6-22(30-23)20-9-8-19-14-18(2)35(17-21(19)15-20)25-16-24(31-27(28)32-25)34-12-10-33(3)11-13-34/h5-9,15-16,18H,4,10-14,17H2,1-3H3,(H,29,36)(H2,28,31,32). The van der Waals surface area contributed by atoms with Crippen LogP contribution >= 0.6 is 0 Å². The number of piperazine rings is 1. The molecule has 2 aliphatic rings. The van der Waals surface area contributed by atoms with Crippen molar-refractivity contribution in [2.75, 3.05) is 55.3 Å². The number of anilines is 3. The second-order valence-corrected chi connectivity index (χ2v) is 9.66. The van der Waals surface area contributed by atoms with Crippen LogP contribution in [-0.4, -0.2) is 71.6 Å². The molecule has 1 amide bonds. The number of nitrogens with one attached hydrogen (secondary N) is 1. The van der Waals surface area contributed by atoms with Gasteiger partial charge in [-0.3, -0.25) is 4.79 Å². The topological polar surface area (TPSA) is 104 Å². The lowest BCUT2D eigenvalue weighted by atomic mass is 9.92. The summed E-state index contributed by atoms with van der Waals surface area (Å²) in [6.07, 6.45) is 0.912. The Labute approximate surface area is 212 Å². The molecule has 0 spiro atoms. The molecule has 188 valence electrons. The number of carbonyl (C=O) groups excluding carboxylic acids is 1. The first-order chi connectivity index (χ1) is 17.4. The van der Waals surface area contributed by atoms with Gasteiger partial charge >= 0.3 is 0 Å². The zero-order valence-electron chi connectivity index (χ0n) is 21.2. The maximum atomic E-state index is 12.3. The van der Waals surface area contributed by atoms with Crippen LogP contribution in [0.15, 0.2) is 42.5 Å². The maximum Gasteiger partial charge on any atom is 0.269 e. The first-order valence-electron chi connectivity index (χ1n) is 12.6. The predicted octanol–water partition coefficient (Wildman–Crippen LogP) is 2.57. The van der Waals surface area contributed by atoms with Gasteiger partial charge in [0.2, 0.25) is 5.95 Å². The van der Waals surface area contributed by atoms with Crippen LogP contribution in [0.1, 0.15) is 35.5 Å². The van der Waals surface area contributed by atoms with Crippen molar-refractivity contribution in [3.05, 3.63) is 59.3 Å². The molecule has 0 radical (unpaired) electrons. The number of carbonyl (C=O) groups is 1. The van der Waals surface area contributed by atoms with E-state index in [2.05, 4.69) is 73.2 Å². The van der Waals surface area contributed by atoms with Gasteiger partial charge in [0.1, 0.15) is 17.3 Å². The van der Waals surface area contributed by atoms with Crippen molar-refractivity contribution in [3.63, 3.8) is 0 Å². The van der Waals surface area contributed by atoms with Crippen LogP contribution in [0.2, 0.25) is 0 Å². The van der Waals surface area contributed by atoms with E-state index in [-0.39, 0.29) is 11.9 Å². The van der Waals surface area contributed by atoms with Gasteiger partial charge in [0.15, 0.2) is 0 Å². The molecule has 1 saturated heterocycles. The first kappa shape index (κ1) is 24.0. The van der Waals surface area contributed by atoms with Crippen LogP contribution in [0.4, 0.5) is 17.6 Å². The van der Waals surface area contributed by atoms with Gasteiger partial charge in [0.25, 0.3) is 5.91 Å². The van der Waals surface area contributed by atoms with E-state index in [1.807, 2.05) is 19.1 Å². The van der Waals surface area contributed by atoms with E-state index in [1.165, 1.54) is 11.1 Å². The Kier molecular flexibility index (Phi) is 6.73. The molecular formula is C27H34N8O. The third-order valence-electron chi connectivity index (χ3n) is 7.05. The minimum Gasteiger partial charge on any atom is -0.368 e. The molecule has 5 rings (SSSR count). The second kappa shape index (κ2) is 10.1. The van der Waals surface area contributed by atoms with Crippen LogP contribution in [0.25, 0.3) is 11.3 Å². The summed E-state index contributed by atoms with van der Waals surface area (Å²) in [4.78, 5) is 33.0. The third kappa shape index (κ3) is 4.97. The molecule has 1 aromatic carbocycles. The highest BCUT2D eigenvalue weighted by Gasteiger charge is 2.26. The summed E-state index contributed by atoms with van der Waals surface area (Å²) >= 11 is 0. The average Bonchev–Trinajstić information content (AvgIpc) is 2.88. The predicted molar refractivity (Wildman–Crippen MR) is 143 cm³/mol. The molecule has 0 saturated carbocycles. The van der Waals surface area contributed by atoms with Gasteiger partial charge in [0, 0.05) is 56.9 Å². The molecule has 9 nitrogen and oxygen atoms in total. The van der Waals surface area contributed by atoms with Gasteiger partial charge in [-0.2, -0.15) is 9.97 Å². The van der Waals surface area contributed by atoms with Gasteiger partial charge in [-0.1, -0.05) is 18.2 Å². The number of pyridine rings is 1. The number of rotatable bonds is 5. The molecule has 0 bridgehead atoms. The molecule has 9 heteroatoms. The third-order valence-corrected chi connectivity index (χ3v) is 7.05. The Bertz CT molecular complexity index is 1250. The molecule has 1 atom stereocenters. The highest BCUT2D eigenvalue weighted by Crippen LogP contribution is 2.32. The fourth-order valence-corrected chi connectivity index (χ4v) is 4.96. The number of nitrogens with two attached hydrogens (primary N) is 1. The lowest BCUT2D eigenvalue weighted by molar-refractivity contribution is 0.0951. The van der Waals surface area contributed by atoms with Gasteiger partial charge in [0.05, 0.1) is 5.69 Å². The Balaban J connectivity index is 1.42. The minimum atomic E-state index is -0.158. The summed E-state index contributed by atoms with van der Waals surface area (Å²) in [6.45, 7) is 9.28. The quantitative estimate of drug-likeness (QED) is 0.567. The average molecular weight is 487 g/mol. The van der Waals surface area contributed by atoms with Crippen molar-refractivity contribution in [3.8, 4) is 11.3 Å². The molecule has 36 heavy (non-hydrogen) atoms. The maximum absolute atomic E-state index is 12.3. The van der Waals surface area contributed by atoms with Gasteiger partial charge in [-0.05, 0) is 56.6 Å². The number of likely N-dealkylation sites (N-methyl/N-ethyl adjacent to an activating group) is 1. The fraction of sp³-hybridized carbons (Fsp3) is 0.407. The summed E-state index contributed by atoms with van der Waals surface area (Å²) in [5.74, 6) is 1.90. The number of amides is 1. The molecule has 0 aliphatic carbocycles. The van der Waals surface area contributed by atoms with Crippen molar-refractivity contribution in [1.29, 1.82) is 0 Å². The molecular weight excluding hydrogens is 452 g/mol. The van der Waals surface area contributed by atoms with E-state index >= 15 is 0 Å². The van der Waals surface area contributed by atoms with Crippen molar-refractivity contribution in [2.24, 2.45) is 0 Å². The molecule has 1 fully saturated rings. The number of benzene rings is 1. The van der Waals surface area contributed by atoms with E-state index in [1.54, 1.807) is 6.07 Å². The number of nitrogen functional groups attached to an aromatic ring is 1. The number of fused-ring (bicyclic) bond motifs is 1. The molecule has 3 N–H and O–H groups in total. The number of hydrogen-bond acceptors (Lipinski definition) is 8. The zero-order chi connectivity index (χ0) is 25.2. The van der Waals surface area contributed by atoms with Crippen LogP contribution in [0.3, 0.4) is 0 Å². The van der Waals surface area contributed by atoms with Crippen molar-refractivity contribution in [2.45, 2.75) is 32.9 Å². The SMILES string of the molecule is CCNC(=O)c1cccc(-c2ccc3c(c2)CN(c2cc(N4CCN(C)CC4)nc(N)n2)C(C)C3)n1. The van der Waals surface area contributed by atoms with Crippen molar-refractivity contribution < 1.29 is 4.79 Å².